The van der Waals surface area contributed by atoms with Crippen LogP contribution in [0.3, 0.4) is 0 Å². The Morgan fingerprint density at radius 1 is 1.26 bits per heavy atom. The lowest BCUT2D eigenvalue weighted by molar-refractivity contribution is -0.179. The summed E-state index contributed by atoms with van der Waals surface area (Å²) < 4.78 is 34.1. The number of nitrogens with one attached hydrogen (secondary N) is 1. The summed E-state index contributed by atoms with van der Waals surface area (Å²) in [6.07, 6.45) is 2.12. The van der Waals surface area contributed by atoms with Crippen molar-refractivity contribution in [3.05, 3.63) is 24.3 Å². The van der Waals surface area contributed by atoms with E-state index in [0.717, 1.165) is 12.8 Å². The number of ether oxygens (including phenoxy) is 2. The molecule has 1 saturated heterocycles. The minimum atomic E-state index is -3.69. The standard InChI is InChI=1S/C12H17NO5S/c1-16-10-5-7-11(8-6-10)19(14,15)13-18-12-4-2-3-9-17-12/h5-8,12-13H,2-4,9H2,1H3. The molecule has 0 amide bonds. The van der Waals surface area contributed by atoms with Gasteiger partial charge < -0.3 is 9.47 Å². The van der Waals surface area contributed by atoms with Crippen molar-refractivity contribution in [2.45, 2.75) is 30.4 Å². The summed E-state index contributed by atoms with van der Waals surface area (Å²) in [7, 11) is -2.17. The van der Waals surface area contributed by atoms with Gasteiger partial charge in [-0.15, -0.1) is 0 Å². The quantitative estimate of drug-likeness (QED) is 0.829. The Morgan fingerprint density at radius 2 is 2.00 bits per heavy atom. The summed E-state index contributed by atoms with van der Waals surface area (Å²) in [5, 5.41) is 0. The Balaban J connectivity index is 1.96. The Bertz CT molecular complexity index is 493. The first kappa shape index (κ1) is 14.3. The van der Waals surface area contributed by atoms with Gasteiger partial charge in [0.2, 0.25) is 0 Å². The fourth-order valence-corrected chi connectivity index (χ4v) is 2.55. The number of hydrogen-bond acceptors (Lipinski definition) is 5. The lowest BCUT2D eigenvalue weighted by atomic mass is 10.2. The number of sulfonamides is 1. The normalized spacial score (nSPS) is 20.2. The highest BCUT2D eigenvalue weighted by Gasteiger charge is 2.19. The highest BCUT2D eigenvalue weighted by Crippen LogP contribution is 2.17. The van der Waals surface area contributed by atoms with E-state index in [9.17, 15) is 8.42 Å². The second-order valence-electron chi connectivity index (χ2n) is 4.18. The molecule has 0 spiro atoms. The van der Waals surface area contributed by atoms with Gasteiger partial charge in [0.15, 0.2) is 6.29 Å². The average Bonchev–Trinajstić information content (AvgIpc) is 2.46. The van der Waals surface area contributed by atoms with Crippen LogP contribution in [-0.2, 0) is 19.6 Å². The first-order valence-corrected chi connectivity index (χ1v) is 7.53. The van der Waals surface area contributed by atoms with Crippen molar-refractivity contribution in [3.63, 3.8) is 0 Å². The third kappa shape index (κ3) is 3.90. The fraction of sp³-hybridized carbons (Fsp3) is 0.500. The average molecular weight is 287 g/mol. The van der Waals surface area contributed by atoms with E-state index in [1.807, 2.05) is 0 Å². The van der Waals surface area contributed by atoms with Crippen LogP contribution in [0, 0.1) is 0 Å². The number of rotatable bonds is 5. The molecular weight excluding hydrogens is 270 g/mol. The zero-order valence-electron chi connectivity index (χ0n) is 10.7. The van der Waals surface area contributed by atoms with Gasteiger partial charge in [-0.3, -0.25) is 4.84 Å². The van der Waals surface area contributed by atoms with Crippen molar-refractivity contribution in [1.29, 1.82) is 0 Å². The van der Waals surface area contributed by atoms with Crippen LogP contribution in [0.4, 0.5) is 0 Å². The van der Waals surface area contributed by atoms with E-state index < -0.39 is 16.3 Å². The van der Waals surface area contributed by atoms with E-state index in [4.69, 9.17) is 14.3 Å². The molecule has 1 aromatic carbocycles. The molecule has 1 N–H and O–H groups in total. The van der Waals surface area contributed by atoms with Crippen LogP contribution < -0.4 is 9.62 Å². The fourth-order valence-electron chi connectivity index (χ4n) is 1.72. The van der Waals surface area contributed by atoms with Gasteiger partial charge in [0.05, 0.1) is 12.0 Å². The predicted molar refractivity (Wildman–Crippen MR) is 68.0 cm³/mol. The summed E-state index contributed by atoms with van der Waals surface area (Å²) in [4.78, 5) is 7.27. The lowest BCUT2D eigenvalue weighted by Crippen LogP contribution is -2.33. The van der Waals surface area contributed by atoms with Crippen LogP contribution in [0.5, 0.6) is 5.75 Å². The number of benzene rings is 1. The first-order valence-electron chi connectivity index (χ1n) is 6.05. The maximum absolute atomic E-state index is 11.9. The van der Waals surface area contributed by atoms with Gasteiger partial charge >= 0.3 is 0 Å². The largest absolute Gasteiger partial charge is 0.497 e. The molecule has 1 aromatic rings. The smallest absolute Gasteiger partial charge is 0.262 e. The molecule has 0 bridgehead atoms. The van der Waals surface area contributed by atoms with Crippen LogP contribution in [0.25, 0.3) is 0 Å². The molecule has 1 unspecified atom stereocenters. The van der Waals surface area contributed by atoms with Crippen molar-refractivity contribution in [1.82, 2.24) is 4.89 Å². The summed E-state index contributed by atoms with van der Waals surface area (Å²) in [5.41, 5.74) is 0. The summed E-state index contributed by atoms with van der Waals surface area (Å²) in [5.74, 6) is 0.593. The SMILES string of the molecule is COc1ccc(S(=O)(=O)NOC2CCCCO2)cc1. The maximum atomic E-state index is 11.9. The highest BCUT2D eigenvalue weighted by atomic mass is 32.2. The molecule has 19 heavy (non-hydrogen) atoms. The topological polar surface area (TPSA) is 73.9 Å². The Kier molecular flexibility index (Phi) is 4.76. The Morgan fingerprint density at radius 3 is 2.58 bits per heavy atom. The zero-order valence-corrected chi connectivity index (χ0v) is 11.5. The van der Waals surface area contributed by atoms with E-state index in [2.05, 4.69) is 4.89 Å². The molecule has 1 aliphatic heterocycles. The molecule has 0 saturated carbocycles. The van der Waals surface area contributed by atoms with Crippen LogP contribution >= 0.6 is 0 Å². The molecule has 0 radical (unpaired) electrons. The maximum Gasteiger partial charge on any atom is 0.262 e. The van der Waals surface area contributed by atoms with Crippen LogP contribution in [-0.4, -0.2) is 28.4 Å². The monoisotopic (exact) mass is 287 g/mol. The van der Waals surface area contributed by atoms with Crippen LogP contribution in [0.15, 0.2) is 29.2 Å². The van der Waals surface area contributed by atoms with Crippen molar-refractivity contribution in [2.24, 2.45) is 0 Å². The van der Waals surface area contributed by atoms with Crippen molar-refractivity contribution >= 4 is 10.0 Å². The predicted octanol–water partition coefficient (Wildman–Crippen LogP) is 1.43. The molecule has 2 rings (SSSR count). The summed E-state index contributed by atoms with van der Waals surface area (Å²) in [6.45, 7) is 0.592. The van der Waals surface area contributed by atoms with Crippen LogP contribution in [0.2, 0.25) is 0 Å². The van der Waals surface area contributed by atoms with Crippen molar-refractivity contribution < 1.29 is 22.7 Å². The van der Waals surface area contributed by atoms with Gasteiger partial charge in [-0.05, 0) is 37.1 Å². The third-order valence-corrected chi connectivity index (χ3v) is 4.01. The van der Waals surface area contributed by atoms with E-state index in [1.54, 1.807) is 12.1 Å². The van der Waals surface area contributed by atoms with E-state index in [1.165, 1.54) is 19.2 Å². The van der Waals surface area contributed by atoms with E-state index >= 15 is 0 Å². The molecule has 1 fully saturated rings. The third-order valence-electron chi connectivity index (χ3n) is 2.80. The lowest BCUT2D eigenvalue weighted by Gasteiger charge is -2.22. The Labute approximate surface area is 112 Å². The molecule has 6 nitrogen and oxygen atoms in total. The minimum absolute atomic E-state index is 0.115. The number of methoxy groups -OCH3 is 1. The zero-order chi connectivity index (χ0) is 13.7. The second-order valence-corrected chi connectivity index (χ2v) is 5.82. The molecule has 1 atom stereocenters. The van der Waals surface area contributed by atoms with Gasteiger partial charge in [0.25, 0.3) is 10.0 Å². The molecule has 106 valence electrons. The summed E-state index contributed by atoms with van der Waals surface area (Å²) >= 11 is 0. The first-order chi connectivity index (χ1) is 9.12. The second kappa shape index (κ2) is 6.33. The minimum Gasteiger partial charge on any atom is -0.497 e. The number of hydrogen-bond donors (Lipinski definition) is 1. The van der Waals surface area contributed by atoms with Gasteiger partial charge in [-0.25, -0.2) is 8.42 Å². The molecule has 0 aliphatic carbocycles. The molecule has 0 aromatic heterocycles. The van der Waals surface area contributed by atoms with Gasteiger partial charge in [0, 0.05) is 13.0 Å². The van der Waals surface area contributed by atoms with Crippen molar-refractivity contribution in [3.8, 4) is 5.75 Å². The van der Waals surface area contributed by atoms with Gasteiger partial charge in [-0.2, -0.15) is 0 Å². The van der Waals surface area contributed by atoms with E-state index in [-0.39, 0.29) is 4.90 Å². The van der Waals surface area contributed by atoms with Gasteiger partial charge in [0.1, 0.15) is 5.75 Å². The molecule has 1 heterocycles. The van der Waals surface area contributed by atoms with Crippen molar-refractivity contribution in [2.75, 3.05) is 13.7 Å². The highest BCUT2D eigenvalue weighted by molar-refractivity contribution is 7.89. The molecule has 1 aliphatic rings. The summed E-state index contributed by atoms with van der Waals surface area (Å²) in [6, 6.07) is 6.05. The molecule has 7 heteroatoms. The van der Waals surface area contributed by atoms with Gasteiger partial charge in [-0.1, -0.05) is 4.89 Å². The molecular formula is C12H17NO5S. The Hall–Kier alpha value is -1.15. The van der Waals surface area contributed by atoms with E-state index in [0.29, 0.717) is 18.8 Å². The van der Waals surface area contributed by atoms with Crippen LogP contribution in [0.1, 0.15) is 19.3 Å².